The van der Waals surface area contributed by atoms with Gasteiger partial charge in [0.25, 0.3) is 0 Å². The Bertz CT molecular complexity index is 354. The summed E-state index contributed by atoms with van der Waals surface area (Å²) in [6, 6.07) is 0.676. The number of oxazole rings is 1. The van der Waals surface area contributed by atoms with Gasteiger partial charge in [-0.2, -0.15) is 0 Å². The minimum absolute atomic E-state index is 0.676. The average molecular weight is 251 g/mol. The summed E-state index contributed by atoms with van der Waals surface area (Å²) in [5, 5.41) is 3.09. The highest BCUT2D eigenvalue weighted by atomic mass is 16.3. The number of aromatic nitrogens is 1. The van der Waals surface area contributed by atoms with Gasteiger partial charge in [-0.15, -0.1) is 0 Å². The molecule has 0 saturated carbocycles. The number of hydrogen-bond acceptors (Lipinski definition) is 4. The summed E-state index contributed by atoms with van der Waals surface area (Å²) in [6.07, 6.45) is 5.30. The van der Waals surface area contributed by atoms with Crippen LogP contribution in [-0.4, -0.2) is 36.1 Å². The number of rotatable bonds is 5. The zero-order chi connectivity index (χ0) is 13.0. The zero-order valence-corrected chi connectivity index (χ0v) is 11.8. The van der Waals surface area contributed by atoms with Gasteiger partial charge in [0.15, 0.2) is 5.89 Å². The Labute approximate surface area is 110 Å². The minimum Gasteiger partial charge on any atom is -0.449 e. The first-order chi connectivity index (χ1) is 8.69. The van der Waals surface area contributed by atoms with Crippen molar-refractivity contribution < 1.29 is 4.42 Å². The third-order valence-corrected chi connectivity index (χ3v) is 3.80. The molecule has 4 heteroatoms. The quantitative estimate of drug-likeness (QED) is 0.869. The van der Waals surface area contributed by atoms with E-state index >= 15 is 0 Å². The van der Waals surface area contributed by atoms with Crippen LogP contribution in [0.15, 0.2) is 10.7 Å². The van der Waals surface area contributed by atoms with Crippen molar-refractivity contribution in [3.63, 3.8) is 0 Å². The van der Waals surface area contributed by atoms with Gasteiger partial charge in [0.05, 0.1) is 5.69 Å². The number of piperidine rings is 1. The monoisotopic (exact) mass is 251 g/mol. The molecule has 0 amide bonds. The van der Waals surface area contributed by atoms with Crippen molar-refractivity contribution >= 4 is 0 Å². The maximum Gasteiger partial charge on any atom is 0.194 e. The Morgan fingerprint density at radius 3 is 2.78 bits per heavy atom. The number of likely N-dealkylation sites (tertiary alicyclic amines) is 1. The summed E-state index contributed by atoms with van der Waals surface area (Å²) in [5.74, 6) is 1.64. The first-order valence-corrected chi connectivity index (χ1v) is 7.01. The fourth-order valence-corrected chi connectivity index (χ4v) is 2.63. The molecule has 0 aliphatic carbocycles. The molecule has 18 heavy (non-hydrogen) atoms. The SMILES string of the molecule is CNCc1coc(CC2CCN(C(C)C)CC2)n1. The standard InChI is InChI=1S/C14H25N3O/c1-11(2)17-6-4-12(5-7-17)8-14-16-13(9-15-3)10-18-14/h10-12,15H,4-9H2,1-3H3. The Morgan fingerprint density at radius 1 is 1.44 bits per heavy atom. The van der Waals surface area contributed by atoms with Crippen molar-refractivity contribution in [3.05, 3.63) is 17.8 Å². The van der Waals surface area contributed by atoms with Gasteiger partial charge in [0.1, 0.15) is 6.26 Å². The first-order valence-electron chi connectivity index (χ1n) is 7.01. The molecule has 2 heterocycles. The van der Waals surface area contributed by atoms with Gasteiger partial charge in [-0.25, -0.2) is 4.98 Å². The van der Waals surface area contributed by atoms with Gasteiger partial charge in [0, 0.05) is 19.0 Å². The number of hydrogen-bond donors (Lipinski definition) is 1. The lowest BCUT2D eigenvalue weighted by Crippen LogP contribution is -2.38. The predicted octanol–water partition coefficient (Wildman–Crippen LogP) is 2.06. The van der Waals surface area contributed by atoms with Crippen LogP contribution in [-0.2, 0) is 13.0 Å². The Hall–Kier alpha value is -0.870. The largest absolute Gasteiger partial charge is 0.449 e. The van der Waals surface area contributed by atoms with E-state index < -0.39 is 0 Å². The smallest absolute Gasteiger partial charge is 0.194 e. The van der Waals surface area contributed by atoms with Crippen LogP contribution in [0.4, 0.5) is 0 Å². The van der Waals surface area contributed by atoms with Crippen LogP contribution in [0.1, 0.15) is 38.3 Å². The maximum absolute atomic E-state index is 5.53. The summed E-state index contributed by atoms with van der Waals surface area (Å²) in [7, 11) is 1.93. The van der Waals surface area contributed by atoms with Crippen LogP contribution >= 0.6 is 0 Å². The molecular weight excluding hydrogens is 226 g/mol. The van der Waals surface area contributed by atoms with Crippen LogP contribution in [0.2, 0.25) is 0 Å². The third-order valence-electron chi connectivity index (χ3n) is 3.80. The van der Waals surface area contributed by atoms with Crippen molar-refractivity contribution in [2.24, 2.45) is 5.92 Å². The molecule has 0 aromatic carbocycles. The highest BCUT2D eigenvalue weighted by Crippen LogP contribution is 2.22. The van der Waals surface area contributed by atoms with Gasteiger partial charge in [-0.05, 0) is 52.7 Å². The molecule has 0 unspecified atom stereocenters. The number of nitrogens with zero attached hydrogens (tertiary/aromatic N) is 2. The molecule has 4 nitrogen and oxygen atoms in total. The molecule has 0 radical (unpaired) electrons. The summed E-state index contributed by atoms with van der Waals surface area (Å²) in [4.78, 5) is 7.06. The van der Waals surface area contributed by atoms with E-state index in [4.69, 9.17) is 4.42 Å². The molecule has 1 fully saturated rings. The van der Waals surface area contributed by atoms with Gasteiger partial charge in [-0.1, -0.05) is 0 Å². The second-order valence-electron chi connectivity index (χ2n) is 5.54. The summed E-state index contributed by atoms with van der Waals surface area (Å²) >= 11 is 0. The van der Waals surface area contributed by atoms with E-state index in [1.54, 1.807) is 6.26 Å². The topological polar surface area (TPSA) is 41.3 Å². The second-order valence-corrected chi connectivity index (χ2v) is 5.54. The first kappa shape index (κ1) is 13.6. The van der Waals surface area contributed by atoms with Crippen LogP contribution in [0, 0.1) is 5.92 Å². The van der Waals surface area contributed by atoms with Gasteiger partial charge < -0.3 is 14.6 Å². The molecule has 102 valence electrons. The van der Waals surface area contributed by atoms with Crippen LogP contribution in [0.25, 0.3) is 0 Å². The van der Waals surface area contributed by atoms with E-state index in [-0.39, 0.29) is 0 Å². The maximum atomic E-state index is 5.53. The van der Waals surface area contributed by atoms with Crippen LogP contribution in [0.5, 0.6) is 0 Å². The summed E-state index contributed by atoms with van der Waals surface area (Å²) in [6.45, 7) is 7.77. The molecule has 2 rings (SSSR count). The average Bonchev–Trinajstić information content (AvgIpc) is 2.78. The molecule has 1 aromatic rings. The highest BCUT2D eigenvalue weighted by Gasteiger charge is 2.22. The van der Waals surface area contributed by atoms with Crippen LogP contribution in [0.3, 0.4) is 0 Å². The van der Waals surface area contributed by atoms with Crippen molar-refractivity contribution in [3.8, 4) is 0 Å². The Morgan fingerprint density at radius 2 is 2.17 bits per heavy atom. The lowest BCUT2D eigenvalue weighted by atomic mass is 9.93. The fraction of sp³-hybridized carbons (Fsp3) is 0.786. The fourth-order valence-electron chi connectivity index (χ4n) is 2.63. The summed E-state index contributed by atoms with van der Waals surface area (Å²) in [5.41, 5.74) is 1.01. The second kappa shape index (κ2) is 6.34. The lowest BCUT2D eigenvalue weighted by molar-refractivity contribution is 0.146. The molecule has 1 saturated heterocycles. The Kier molecular flexibility index (Phi) is 4.78. The van der Waals surface area contributed by atoms with Crippen molar-refractivity contribution in [2.75, 3.05) is 20.1 Å². The molecule has 0 atom stereocenters. The van der Waals surface area contributed by atoms with E-state index in [9.17, 15) is 0 Å². The molecule has 1 aliphatic rings. The van der Waals surface area contributed by atoms with E-state index in [1.807, 2.05) is 7.05 Å². The van der Waals surface area contributed by atoms with Crippen molar-refractivity contribution in [1.29, 1.82) is 0 Å². The molecular formula is C14H25N3O. The Balaban J connectivity index is 1.80. The van der Waals surface area contributed by atoms with E-state index in [0.717, 1.165) is 30.5 Å². The lowest BCUT2D eigenvalue weighted by Gasteiger charge is -2.34. The highest BCUT2D eigenvalue weighted by molar-refractivity contribution is 4.97. The van der Waals surface area contributed by atoms with E-state index in [0.29, 0.717) is 6.04 Å². The number of nitrogens with one attached hydrogen (secondary N) is 1. The van der Waals surface area contributed by atoms with Crippen molar-refractivity contribution in [2.45, 2.75) is 45.7 Å². The normalized spacial score (nSPS) is 18.7. The van der Waals surface area contributed by atoms with Gasteiger partial charge >= 0.3 is 0 Å². The molecule has 1 aliphatic heterocycles. The minimum atomic E-state index is 0.676. The van der Waals surface area contributed by atoms with Crippen molar-refractivity contribution in [1.82, 2.24) is 15.2 Å². The molecule has 1 N–H and O–H groups in total. The van der Waals surface area contributed by atoms with Crippen LogP contribution < -0.4 is 5.32 Å². The zero-order valence-electron chi connectivity index (χ0n) is 11.8. The third kappa shape index (κ3) is 3.56. The van der Waals surface area contributed by atoms with E-state index in [1.165, 1.54) is 25.9 Å². The summed E-state index contributed by atoms with van der Waals surface area (Å²) < 4.78 is 5.53. The molecule has 0 spiro atoms. The molecule has 0 bridgehead atoms. The van der Waals surface area contributed by atoms with Gasteiger partial charge in [-0.3, -0.25) is 0 Å². The van der Waals surface area contributed by atoms with E-state index in [2.05, 4.69) is 29.0 Å². The molecule has 1 aromatic heterocycles. The van der Waals surface area contributed by atoms with Gasteiger partial charge in [0.2, 0.25) is 0 Å². The predicted molar refractivity (Wildman–Crippen MR) is 72.4 cm³/mol.